The van der Waals surface area contributed by atoms with Crippen molar-refractivity contribution in [1.82, 2.24) is 10.3 Å². The van der Waals surface area contributed by atoms with E-state index in [0.717, 1.165) is 12.8 Å². The minimum absolute atomic E-state index is 0.269. The van der Waals surface area contributed by atoms with Gasteiger partial charge in [0.1, 0.15) is 5.54 Å². The molecule has 2 aliphatic rings. The smallest absolute Gasteiger partial charge is 0.322 e. The van der Waals surface area contributed by atoms with E-state index in [1.54, 1.807) is 0 Å². The Morgan fingerprint density at radius 3 is 2.43 bits per heavy atom. The summed E-state index contributed by atoms with van der Waals surface area (Å²) < 4.78 is 0. The molecule has 1 aliphatic carbocycles. The molecule has 78 valence electrons. The SMILES string of the molecule is CC1CCC2(CC1)NC(=O)N(N)C2=O. The van der Waals surface area contributed by atoms with Crippen LogP contribution in [-0.2, 0) is 4.79 Å². The highest BCUT2D eigenvalue weighted by Crippen LogP contribution is 2.35. The van der Waals surface area contributed by atoms with Crippen LogP contribution in [0.2, 0.25) is 0 Å². The molecule has 0 radical (unpaired) electrons. The van der Waals surface area contributed by atoms with Crippen molar-refractivity contribution in [1.29, 1.82) is 0 Å². The average molecular weight is 197 g/mol. The van der Waals surface area contributed by atoms with Gasteiger partial charge in [-0.1, -0.05) is 6.92 Å². The van der Waals surface area contributed by atoms with Gasteiger partial charge in [0, 0.05) is 0 Å². The number of hydrazine groups is 1. The molecular weight excluding hydrogens is 182 g/mol. The van der Waals surface area contributed by atoms with Crippen LogP contribution in [0.3, 0.4) is 0 Å². The summed E-state index contributed by atoms with van der Waals surface area (Å²) in [6, 6.07) is -0.468. The molecule has 0 aromatic rings. The number of hydrogen-bond donors (Lipinski definition) is 2. The van der Waals surface area contributed by atoms with Gasteiger partial charge in [-0.25, -0.2) is 10.6 Å². The first-order valence-electron chi connectivity index (χ1n) is 4.96. The summed E-state index contributed by atoms with van der Waals surface area (Å²) in [6.45, 7) is 2.16. The van der Waals surface area contributed by atoms with Crippen molar-refractivity contribution in [3.05, 3.63) is 0 Å². The summed E-state index contributed by atoms with van der Waals surface area (Å²) in [7, 11) is 0. The standard InChI is InChI=1S/C9H15N3O2/c1-6-2-4-9(5-3-6)7(13)12(10)8(14)11-9/h6H,2-5,10H2,1H3,(H,11,14). The Morgan fingerprint density at radius 1 is 1.43 bits per heavy atom. The molecule has 1 spiro atoms. The zero-order valence-corrected chi connectivity index (χ0v) is 8.25. The Kier molecular flexibility index (Phi) is 1.99. The van der Waals surface area contributed by atoms with Gasteiger partial charge in [-0.3, -0.25) is 4.79 Å². The van der Waals surface area contributed by atoms with Crippen LogP contribution < -0.4 is 11.2 Å². The van der Waals surface area contributed by atoms with Gasteiger partial charge in [0.15, 0.2) is 0 Å². The van der Waals surface area contributed by atoms with Crippen LogP contribution >= 0.6 is 0 Å². The molecule has 0 atom stereocenters. The molecule has 3 N–H and O–H groups in total. The zero-order chi connectivity index (χ0) is 10.3. The fourth-order valence-corrected chi connectivity index (χ4v) is 2.23. The highest BCUT2D eigenvalue weighted by Gasteiger charge is 2.51. The van der Waals surface area contributed by atoms with Crippen molar-refractivity contribution in [2.24, 2.45) is 11.8 Å². The minimum Gasteiger partial charge on any atom is -0.322 e. The van der Waals surface area contributed by atoms with Gasteiger partial charge < -0.3 is 5.32 Å². The third kappa shape index (κ3) is 1.19. The third-order valence-corrected chi connectivity index (χ3v) is 3.32. The Balaban J connectivity index is 2.18. The van der Waals surface area contributed by atoms with Crippen LogP contribution in [0, 0.1) is 5.92 Å². The van der Waals surface area contributed by atoms with Gasteiger partial charge in [0.25, 0.3) is 5.91 Å². The zero-order valence-electron chi connectivity index (χ0n) is 8.25. The number of urea groups is 1. The normalized spacial score (nSPS) is 37.9. The summed E-state index contributed by atoms with van der Waals surface area (Å²) in [5.74, 6) is 5.70. The largest absolute Gasteiger partial charge is 0.339 e. The number of nitrogens with one attached hydrogen (secondary N) is 1. The van der Waals surface area contributed by atoms with Gasteiger partial charge in [-0.15, -0.1) is 0 Å². The number of carbonyl (C=O) groups excluding carboxylic acids is 2. The summed E-state index contributed by atoms with van der Waals surface area (Å²) in [5.41, 5.74) is -0.682. The molecule has 1 aliphatic heterocycles. The summed E-state index contributed by atoms with van der Waals surface area (Å²) in [4.78, 5) is 22.9. The Hall–Kier alpha value is -1.10. The highest BCUT2D eigenvalue weighted by molar-refractivity contribution is 6.06. The predicted octanol–water partition coefficient (Wildman–Crippen LogP) is 0.361. The molecule has 3 amide bonds. The predicted molar refractivity (Wildman–Crippen MR) is 49.9 cm³/mol. The van der Waals surface area contributed by atoms with E-state index in [1.807, 2.05) is 0 Å². The second kappa shape index (κ2) is 2.95. The van der Waals surface area contributed by atoms with E-state index in [-0.39, 0.29) is 5.91 Å². The first kappa shape index (κ1) is 9.45. The van der Waals surface area contributed by atoms with Crippen LogP contribution in [0.5, 0.6) is 0 Å². The van der Waals surface area contributed by atoms with Gasteiger partial charge in [0.2, 0.25) is 0 Å². The van der Waals surface area contributed by atoms with Crippen molar-refractivity contribution < 1.29 is 9.59 Å². The first-order valence-corrected chi connectivity index (χ1v) is 4.96. The van der Waals surface area contributed by atoms with Crippen LogP contribution in [0.15, 0.2) is 0 Å². The lowest BCUT2D eigenvalue weighted by molar-refractivity contribution is -0.132. The molecule has 0 aromatic heterocycles. The molecular formula is C9H15N3O2. The molecule has 5 heteroatoms. The lowest BCUT2D eigenvalue weighted by atomic mass is 9.77. The van der Waals surface area contributed by atoms with Crippen molar-refractivity contribution in [3.8, 4) is 0 Å². The van der Waals surface area contributed by atoms with E-state index < -0.39 is 11.6 Å². The van der Waals surface area contributed by atoms with Crippen molar-refractivity contribution in [2.45, 2.75) is 38.1 Å². The third-order valence-electron chi connectivity index (χ3n) is 3.32. The fourth-order valence-electron chi connectivity index (χ4n) is 2.23. The van der Waals surface area contributed by atoms with Crippen LogP contribution in [0.1, 0.15) is 32.6 Å². The molecule has 1 saturated carbocycles. The monoisotopic (exact) mass is 197 g/mol. The van der Waals surface area contributed by atoms with E-state index in [4.69, 9.17) is 5.84 Å². The molecule has 2 fully saturated rings. The van der Waals surface area contributed by atoms with Crippen LogP contribution in [-0.4, -0.2) is 22.5 Å². The number of amides is 3. The molecule has 5 nitrogen and oxygen atoms in total. The number of rotatable bonds is 0. The number of imide groups is 1. The van der Waals surface area contributed by atoms with E-state index in [1.165, 1.54) is 0 Å². The van der Waals surface area contributed by atoms with Crippen molar-refractivity contribution >= 4 is 11.9 Å². The maximum absolute atomic E-state index is 11.7. The Bertz CT molecular complexity index is 282. The lowest BCUT2D eigenvalue weighted by Crippen LogP contribution is -2.49. The van der Waals surface area contributed by atoms with Gasteiger partial charge in [-0.2, -0.15) is 5.01 Å². The lowest BCUT2D eigenvalue weighted by Gasteiger charge is -2.33. The van der Waals surface area contributed by atoms with E-state index in [9.17, 15) is 9.59 Å². The van der Waals surface area contributed by atoms with Gasteiger partial charge in [0.05, 0.1) is 0 Å². The number of hydrogen-bond acceptors (Lipinski definition) is 3. The molecule has 2 rings (SSSR count). The molecule has 0 bridgehead atoms. The van der Waals surface area contributed by atoms with Crippen LogP contribution in [0.25, 0.3) is 0 Å². The molecule has 1 heterocycles. The maximum Gasteiger partial charge on any atom is 0.339 e. The summed E-state index contributed by atoms with van der Waals surface area (Å²) >= 11 is 0. The first-order chi connectivity index (χ1) is 6.55. The average Bonchev–Trinajstić information content (AvgIpc) is 2.37. The number of carbonyl (C=O) groups is 2. The minimum atomic E-state index is -0.682. The van der Waals surface area contributed by atoms with Crippen molar-refractivity contribution in [2.75, 3.05) is 0 Å². The van der Waals surface area contributed by atoms with Crippen molar-refractivity contribution in [3.63, 3.8) is 0 Å². The van der Waals surface area contributed by atoms with E-state index in [0.29, 0.717) is 23.8 Å². The molecule has 1 saturated heterocycles. The maximum atomic E-state index is 11.7. The Labute approximate surface area is 82.6 Å². The topological polar surface area (TPSA) is 75.4 Å². The molecule has 0 aromatic carbocycles. The van der Waals surface area contributed by atoms with E-state index in [2.05, 4.69) is 12.2 Å². The highest BCUT2D eigenvalue weighted by atomic mass is 16.2. The Morgan fingerprint density at radius 2 is 2.00 bits per heavy atom. The van der Waals surface area contributed by atoms with Gasteiger partial charge in [-0.05, 0) is 31.6 Å². The summed E-state index contributed by atoms with van der Waals surface area (Å²) in [5, 5.41) is 3.41. The fraction of sp³-hybridized carbons (Fsp3) is 0.778. The second-order valence-electron chi connectivity index (χ2n) is 4.37. The summed E-state index contributed by atoms with van der Waals surface area (Å²) in [6.07, 6.45) is 3.37. The quantitative estimate of drug-likeness (QED) is 0.334. The second-order valence-corrected chi connectivity index (χ2v) is 4.37. The number of nitrogens with two attached hydrogens (primary N) is 1. The van der Waals surface area contributed by atoms with Gasteiger partial charge >= 0.3 is 6.03 Å². The number of nitrogens with zero attached hydrogens (tertiary/aromatic N) is 1. The molecule has 14 heavy (non-hydrogen) atoms. The molecule has 0 unspecified atom stereocenters. The van der Waals surface area contributed by atoms with E-state index >= 15 is 0 Å². The van der Waals surface area contributed by atoms with Crippen LogP contribution in [0.4, 0.5) is 4.79 Å².